The summed E-state index contributed by atoms with van der Waals surface area (Å²) >= 11 is 0. The van der Waals surface area contributed by atoms with Crippen molar-refractivity contribution in [3.05, 3.63) is 36.3 Å². The average molecular weight is 363 g/mol. The number of imidazole rings is 1. The summed E-state index contributed by atoms with van der Waals surface area (Å²) in [6.07, 6.45) is 6.23. The summed E-state index contributed by atoms with van der Waals surface area (Å²) in [6.45, 7) is 3.16. The number of hydrogen-bond acceptors (Lipinski definition) is 5. The lowest BCUT2D eigenvalue weighted by molar-refractivity contribution is -0.120. The number of hydrogen-bond donors (Lipinski definition) is 1. The third-order valence-corrected chi connectivity index (χ3v) is 5.27. The second-order valence-corrected chi connectivity index (χ2v) is 7.40. The first kappa shape index (κ1) is 16.1. The summed E-state index contributed by atoms with van der Waals surface area (Å²) in [6, 6.07) is 6.03. The number of anilines is 3. The summed E-state index contributed by atoms with van der Waals surface area (Å²) in [5.74, 6) is 2.06. The number of carbonyl (C=O) groups is 1. The standard InChI is InChI=1S/C20H21N5O2/c1-12-5-14(6-15-20(12)22-11-25(15)9-13-3-4-13)23-18-7-17-16(8-21-18)24(2)19(26)10-27-17/h5-8,11,13H,3-4,9-10H2,1-2H3,(H,21,23). The van der Waals surface area contributed by atoms with Crippen molar-refractivity contribution in [1.82, 2.24) is 14.5 Å². The molecule has 3 heterocycles. The number of aromatic nitrogens is 3. The smallest absolute Gasteiger partial charge is 0.264 e. The lowest BCUT2D eigenvalue weighted by atomic mass is 10.1. The minimum absolute atomic E-state index is 0.0539. The Bertz CT molecular complexity index is 1050. The maximum atomic E-state index is 11.7. The van der Waals surface area contributed by atoms with Gasteiger partial charge < -0.3 is 19.5 Å². The molecule has 7 heteroatoms. The zero-order valence-corrected chi connectivity index (χ0v) is 15.4. The molecule has 1 fully saturated rings. The molecule has 1 aliphatic carbocycles. The van der Waals surface area contributed by atoms with E-state index in [1.54, 1.807) is 18.1 Å². The molecule has 1 saturated carbocycles. The van der Waals surface area contributed by atoms with Crippen LogP contribution in [0.5, 0.6) is 5.75 Å². The lowest BCUT2D eigenvalue weighted by Crippen LogP contribution is -2.35. The number of carbonyl (C=O) groups excluding carboxylic acids is 1. The molecule has 3 aromatic rings. The fourth-order valence-electron chi connectivity index (χ4n) is 3.52. The van der Waals surface area contributed by atoms with E-state index in [1.165, 1.54) is 12.8 Å². The molecule has 2 aliphatic rings. The van der Waals surface area contributed by atoms with Gasteiger partial charge in [0.15, 0.2) is 6.61 Å². The Morgan fingerprint density at radius 2 is 2.11 bits per heavy atom. The van der Waals surface area contributed by atoms with Crippen molar-refractivity contribution < 1.29 is 9.53 Å². The number of pyridine rings is 1. The third kappa shape index (κ3) is 2.89. The lowest BCUT2D eigenvalue weighted by Gasteiger charge is -2.25. The number of nitrogens with one attached hydrogen (secondary N) is 1. The topological polar surface area (TPSA) is 72.3 Å². The number of ether oxygens (including phenoxy) is 1. The van der Waals surface area contributed by atoms with E-state index in [2.05, 4.69) is 38.9 Å². The Kier molecular flexibility index (Phi) is 3.56. The van der Waals surface area contributed by atoms with E-state index >= 15 is 0 Å². The predicted octanol–water partition coefficient (Wildman–Crippen LogP) is 3.25. The molecule has 1 aliphatic heterocycles. The molecule has 0 saturated heterocycles. The van der Waals surface area contributed by atoms with Crippen LogP contribution in [0.2, 0.25) is 0 Å². The molecule has 5 rings (SSSR count). The molecule has 0 radical (unpaired) electrons. The number of aryl methyl sites for hydroxylation is 1. The van der Waals surface area contributed by atoms with E-state index in [1.807, 2.05) is 12.4 Å². The average Bonchev–Trinajstić information content (AvgIpc) is 3.38. The van der Waals surface area contributed by atoms with Crippen LogP contribution in [0.1, 0.15) is 18.4 Å². The van der Waals surface area contributed by atoms with Crippen molar-refractivity contribution in [2.45, 2.75) is 26.3 Å². The largest absolute Gasteiger partial charge is 0.481 e. The van der Waals surface area contributed by atoms with E-state index in [4.69, 9.17) is 4.74 Å². The van der Waals surface area contributed by atoms with Gasteiger partial charge in [-0.3, -0.25) is 4.79 Å². The first-order valence-electron chi connectivity index (χ1n) is 9.20. The van der Waals surface area contributed by atoms with Crippen molar-refractivity contribution in [3.8, 4) is 5.75 Å². The summed E-state index contributed by atoms with van der Waals surface area (Å²) in [5, 5.41) is 3.36. The molecule has 1 N–H and O–H groups in total. The van der Waals surface area contributed by atoms with Gasteiger partial charge in [0.1, 0.15) is 17.3 Å². The van der Waals surface area contributed by atoms with E-state index in [9.17, 15) is 4.79 Å². The van der Waals surface area contributed by atoms with Crippen molar-refractivity contribution in [2.24, 2.45) is 5.92 Å². The van der Waals surface area contributed by atoms with Crippen molar-refractivity contribution in [2.75, 3.05) is 23.9 Å². The van der Waals surface area contributed by atoms with Crippen molar-refractivity contribution in [1.29, 1.82) is 0 Å². The van der Waals surface area contributed by atoms with E-state index in [0.717, 1.165) is 34.7 Å². The maximum Gasteiger partial charge on any atom is 0.264 e. The second kappa shape index (κ2) is 5.97. The van der Waals surface area contributed by atoms with Crippen molar-refractivity contribution in [3.63, 3.8) is 0 Å². The Morgan fingerprint density at radius 3 is 2.93 bits per heavy atom. The van der Waals surface area contributed by atoms with Crippen LogP contribution in [-0.2, 0) is 11.3 Å². The summed E-state index contributed by atoms with van der Waals surface area (Å²) < 4.78 is 7.80. The second-order valence-electron chi connectivity index (χ2n) is 7.40. The number of fused-ring (bicyclic) bond motifs is 2. The molecule has 0 unspecified atom stereocenters. The van der Waals surface area contributed by atoms with Gasteiger partial charge in [0.2, 0.25) is 0 Å². The molecule has 27 heavy (non-hydrogen) atoms. The minimum atomic E-state index is -0.0741. The summed E-state index contributed by atoms with van der Waals surface area (Å²) in [4.78, 5) is 22.3. The third-order valence-electron chi connectivity index (χ3n) is 5.27. The Balaban J connectivity index is 1.46. The zero-order valence-electron chi connectivity index (χ0n) is 15.4. The van der Waals surface area contributed by atoms with Crippen LogP contribution in [0.3, 0.4) is 0 Å². The van der Waals surface area contributed by atoms with Crippen LogP contribution in [0.15, 0.2) is 30.7 Å². The molecule has 0 bridgehead atoms. The summed E-state index contributed by atoms with van der Waals surface area (Å²) in [7, 11) is 1.73. The van der Waals surface area contributed by atoms with Crippen LogP contribution < -0.4 is 15.0 Å². The molecule has 138 valence electrons. The van der Waals surface area contributed by atoms with Crippen LogP contribution in [0, 0.1) is 12.8 Å². The molecule has 1 aromatic carbocycles. The molecule has 1 amide bonds. The van der Waals surface area contributed by atoms with Gasteiger partial charge in [-0.05, 0) is 43.4 Å². The van der Waals surface area contributed by atoms with Gasteiger partial charge in [-0.25, -0.2) is 9.97 Å². The molecule has 0 atom stereocenters. The molecule has 7 nitrogen and oxygen atoms in total. The maximum absolute atomic E-state index is 11.7. The van der Waals surface area contributed by atoms with Gasteiger partial charge in [0.25, 0.3) is 5.91 Å². The first-order valence-corrected chi connectivity index (χ1v) is 9.20. The van der Waals surface area contributed by atoms with Gasteiger partial charge in [-0.15, -0.1) is 0 Å². The zero-order chi connectivity index (χ0) is 18.5. The van der Waals surface area contributed by atoms with Crippen LogP contribution in [0.4, 0.5) is 17.2 Å². The van der Waals surface area contributed by atoms with Crippen LogP contribution >= 0.6 is 0 Å². The highest BCUT2D eigenvalue weighted by Gasteiger charge is 2.24. The van der Waals surface area contributed by atoms with Gasteiger partial charge in [0.05, 0.1) is 23.6 Å². The highest BCUT2D eigenvalue weighted by atomic mass is 16.5. The van der Waals surface area contributed by atoms with Gasteiger partial charge >= 0.3 is 0 Å². The predicted molar refractivity (Wildman–Crippen MR) is 104 cm³/mol. The molecule has 2 aromatic heterocycles. The highest BCUT2D eigenvalue weighted by Crippen LogP contribution is 2.35. The van der Waals surface area contributed by atoms with Gasteiger partial charge in [-0.2, -0.15) is 0 Å². The summed E-state index contributed by atoms with van der Waals surface area (Å²) in [5.41, 5.74) is 4.97. The molecule has 0 spiro atoms. The normalized spacial score (nSPS) is 16.4. The van der Waals surface area contributed by atoms with Gasteiger partial charge in [0, 0.05) is 25.3 Å². The Morgan fingerprint density at radius 1 is 1.26 bits per heavy atom. The number of amides is 1. The Labute approximate surface area is 157 Å². The van der Waals surface area contributed by atoms with Crippen molar-refractivity contribution >= 4 is 34.1 Å². The minimum Gasteiger partial charge on any atom is -0.481 e. The number of likely N-dealkylation sites (N-methyl/N-ethyl adjacent to an activating group) is 1. The number of benzene rings is 1. The Hall–Kier alpha value is -3.09. The van der Waals surface area contributed by atoms with E-state index < -0.39 is 0 Å². The SMILES string of the molecule is Cc1cc(Nc2cc3c(cn2)N(C)C(=O)CO3)cc2c1ncn2CC1CC1. The van der Waals surface area contributed by atoms with Crippen LogP contribution in [0.25, 0.3) is 11.0 Å². The fourth-order valence-corrected chi connectivity index (χ4v) is 3.52. The number of rotatable bonds is 4. The number of nitrogens with zero attached hydrogens (tertiary/aromatic N) is 4. The fraction of sp³-hybridized carbons (Fsp3) is 0.350. The quantitative estimate of drug-likeness (QED) is 0.770. The molecular formula is C20H21N5O2. The monoisotopic (exact) mass is 363 g/mol. The highest BCUT2D eigenvalue weighted by molar-refractivity contribution is 5.97. The van der Waals surface area contributed by atoms with E-state index in [-0.39, 0.29) is 12.5 Å². The van der Waals surface area contributed by atoms with E-state index in [0.29, 0.717) is 17.3 Å². The van der Waals surface area contributed by atoms with Crippen LogP contribution in [-0.4, -0.2) is 34.1 Å². The first-order chi connectivity index (χ1) is 13.1. The molecular weight excluding hydrogens is 342 g/mol. The van der Waals surface area contributed by atoms with Gasteiger partial charge in [-0.1, -0.05) is 0 Å².